The van der Waals surface area contributed by atoms with Gasteiger partial charge in [-0.15, -0.1) is 0 Å². The van der Waals surface area contributed by atoms with Crippen molar-refractivity contribution in [2.45, 2.75) is 31.1 Å². The fourth-order valence-corrected chi connectivity index (χ4v) is 3.44. The van der Waals surface area contributed by atoms with E-state index in [0.717, 1.165) is 25.0 Å². The molecule has 7 heteroatoms. The van der Waals surface area contributed by atoms with Crippen LogP contribution in [0, 0.1) is 17.5 Å². The molecule has 1 fully saturated rings. The molecule has 1 aliphatic carbocycles. The van der Waals surface area contributed by atoms with Crippen molar-refractivity contribution in [1.82, 2.24) is 0 Å². The number of anilines is 1. The molecule has 4 nitrogen and oxygen atoms in total. The first-order valence-corrected chi connectivity index (χ1v) is 8.59. The number of carbonyl (C=O) groups is 2. The molecule has 142 valence electrons. The standard InChI is InChI=1S/C20H18F3NO3/c21-14-6-3-5-13(11-14)20(9-1-2-10-20)19(26)27-12-17(25)24-18-15(22)7-4-8-16(18)23/h3-8,11H,1-2,9-10,12H2,(H,24,25). The van der Waals surface area contributed by atoms with Gasteiger partial charge in [-0.1, -0.05) is 31.0 Å². The van der Waals surface area contributed by atoms with Gasteiger partial charge >= 0.3 is 5.97 Å². The van der Waals surface area contributed by atoms with Gasteiger partial charge < -0.3 is 10.1 Å². The highest BCUT2D eigenvalue weighted by Crippen LogP contribution is 2.42. The third-order valence-electron chi connectivity index (χ3n) is 4.79. The second kappa shape index (κ2) is 7.82. The molecule has 0 radical (unpaired) electrons. The average Bonchev–Trinajstić information content (AvgIpc) is 3.14. The van der Waals surface area contributed by atoms with Crippen LogP contribution in [0.3, 0.4) is 0 Å². The summed E-state index contributed by atoms with van der Waals surface area (Å²) in [6.07, 6.45) is 2.52. The third-order valence-corrected chi connectivity index (χ3v) is 4.79. The highest BCUT2D eigenvalue weighted by Gasteiger charge is 2.44. The Morgan fingerprint density at radius 2 is 1.63 bits per heavy atom. The second-order valence-electron chi connectivity index (χ2n) is 6.52. The van der Waals surface area contributed by atoms with Crippen LogP contribution in [0.25, 0.3) is 0 Å². The predicted molar refractivity (Wildman–Crippen MR) is 92.5 cm³/mol. The Hall–Kier alpha value is -2.83. The SMILES string of the molecule is O=C(COC(=O)C1(c2cccc(F)c2)CCCC1)Nc1c(F)cccc1F. The van der Waals surface area contributed by atoms with Crippen molar-refractivity contribution in [2.24, 2.45) is 0 Å². The minimum Gasteiger partial charge on any atom is -0.455 e. The highest BCUT2D eigenvalue weighted by atomic mass is 19.1. The van der Waals surface area contributed by atoms with Gasteiger partial charge in [0.05, 0.1) is 5.41 Å². The number of nitrogens with one attached hydrogen (secondary N) is 1. The van der Waals surface area contributed by atoms with Gasteiger partial charge in [0.1, 0.15) is 23.1 Å². The van der Waals surface area contributed by atoms with Gasteiger partial charge in [-0.2, -0.15) is 0 Å². The minimum absolute atomic E-state index is 0.459. The molecule has 1 amide bonds. The molecule has 2 aromatic carbocycles. The summed E-state index contributed by atoms with van der Waals surface area (Å²) in [7, 11) is 0. The normalized spacial score (nSPS) is 15.4. The van der Waals surface area contributed by atoms with Crippen molar-refractivity contribution in [2.75, 3.05) is 11.9 Å². The number of hydrogen-bond acceptors (Lipinski definition) is 3. The number of hydrogen-bond donors (Lipinski definition) is 1. The number of esters is 1. The molecule has 0 unspecified atom stereocenters. The first kappa shape index (κ1) is 18.9. The van der Waals surface area contributed by atoms with E-state index in [2.05, 4.69) is 5.32 Å². The van der Waals surface area contributed by atoms with Crippen molar-refractivity contribution >= 4 is 17.6 Å². The summed E-state index contributed by atoms with van der Waals surface area (Å²) in [5, 5.41) is 2.06. The molecule has 0 aliphatic heterocycles. The van der Waals surface area contributed by atoms with Crippen LogP contribution in [0.4, 0.5) is 18.9 Å². The molecule has 0 aromatic heterocycles. The summed E-state index contributed by atoms with van der Waals surface area (Å²) in [6, 6.07) is 8.93. The molecule has 1 aliphatic rings. The molecular formula is C20H18F3NO3. The van der Waals surface area contributed by atoms with Gasteiger partial charge in [0.15, 0.2) is 6.61 Å². The van der Waals surface area contributed by atoms with E-state index >= 15 is 0 Å². The largest absolute Gasteiger partial charge is 0.455 e. The fraction of sp³-hybridized carbons (Fsp3) is 0.300. The van der Waals surface area contributed by atoms with Gasteiger partial charge in [0.25, 0.3) is 5.91 Å². The lowest BCUT2D eigenvalue weighted by Gasteiger charge is -2.27. The zero-order chi connectivity index (χ0) is 19.4. The van der Waals surface area contributed by atoms with Crippen LogP contribution in [-0.4, -0.2) is 18.5 Å². The van der Waals surface area contributed by atoms with Crippen molar-refractivity contribution in [3.63, 3.8) is 0 Å². The summed E-state index contributed by atoms with van der Waals surface area (Å²) in [4.78, 5) is 24.6. The Balaban J connectivity index is 1.69. The summed E-state index contributed by atoms with van der Waals surface area (Å²) >= 11 is 0. The number of amides is 1. The van der Waals surface area contributed by atoms with Crippen molar-refractivity contribution in [3.8, 4) is 0 Å². The molecule has 0 atom stereocenters. The minimum atomic E-state index is -1.01. The van der Waals surface area contributed by atoms with E-state index in [4.69, 9.17) is 4.74 Å². The Morgan fingerprint density at radius 3 is 2.26 bits per heavy atom. The van der Waals surface area contributed by atoms with E-state index < -0.39 is 47.0 Å². The van der Waals surface area contributed by atoms with Gasteiger partial charge in [0, 0.05) is 0 Å². The zero-order valence-corrected chi connectivity index (χ0v) is 14.4. The zero-order valence-electron chi connectivity index (χ0n) is 14.4. The Morgan fingerprint density at radius 1 is 1.00 bits per heavy atom. The lowest BCUT2D eigenvalue weighted by molar-refractivity contribution is -0.153. The predicted octanol–water partition coefficient (Wildman–Crippen LogP) is 4.10. The highest BCUT2D eigenvalue weighted by molar-refractivity contribution is 5.94. The van der Waals surface area contributed by atoms with Crippen LogP contribution in [0.15, 0.2) is 42.5 Å². The lowest BCUT2D eigenvalue weighted by atomic mass is 9.79. The van der Waals surface area contributed by atoms with Crippen LogP contribution in [0.5, 0.6) is 0 Å². The Kier molecular flexibility index (Phi) is 5.48. The topological polar surface area (TPSA) is 55.4 Å². The summed E-state index contributed by atoms with van der Waals surface area (Å²) in [6.45, 7) is -0.691. The molecule has 3 rings (SSSR count). The van der Waals surface area contributed by atoms with E-state index in [1.54, 1.807) is 6.07 Å². The quantitative estimate of drug-likeness (QED) is 0.799. The Bertz CT molecular complexity index is 843. The monoisotopic (exact) mass is 377 g/mol. The van der Waals surface area contributed by atoms with Gasteiger partial charge in [-0.25, -0.2) is 13.2 Å². The van der Waals surface area contributed by atoms with Crippen LogP contribution in [0.2, 0.25) is 0 Å². The number of halogens is 3. The number of benzene rings is 2. The maximum absolute atomic E-state index is 13.6. The molecule has 0 heterocycles. The van der Waals surface area contributed by atoms with Crippen LogP contribution in [0.1, 0.15) is 31.2 Å². The molecule has 1 saturated carbocycles. The molecule has 0 bridgehead atoms. The molecule has 1 N–H and O–H groups in total. The van der Waals surface area contributed by atoms with Crippen LogP contribution < -0.4 is 5.32 Å². The first-order chi connectivity index (χ1) is 12.9. The second-order valence-corrected chi connectivity index (χ2v) is 6.52. The Labute approximate surface area is 154 Å². The number of para-hydroxylation sites is 1. The molecular weight excluding hydrogens is 359 g/mol. The maximum Gasteiger partial charge on any atom is 0.317 e. The van der Waals surface area contributed by atoms with Crippen molar-refractivity contribution < 1.29 is 27.5 Å². The van der Waals surface area contributed by atoms with Gasteiger partial charge in [-0.05, 0) is 42.7 Å². The van der Waals surface area contributed by atoms with E-state index in [9.17, 15) is 22.8 Å². The van der Waals surface area contributed by atoms with Gasteiger partial charge in [-0.3, -0.25) is 9.59 Å². The number of carbonyl (C=O) groups excluding carboxylic acids is 2. The first-order valence-electron chi connectivity index (χ1n) is 8.59. The van der Waals surface area contributed by atoms with E-state index in [-0.39, 0.29) is 0 Å². The molecule has 0 saturated heterocycles. The van der Waals surface area contributed by atoms with E-state index in [0.29, 0.717) is 18.4 Å². The van der Waals surface area contributed by atoms with Gasteiger partial charge in [0.2, 0.25) is 0 Å². The summed E-state index contributed by atoms with van der Waals surface area (Å²) < 4.78 is 45.9. The lowest BCUT2D eigenvalue weighted by Crippen LogP contribution is -2.36. The number of ether oxygens (including phenoxy) is 1. The maximum atomic E-state index is 13.6. The van der Waals surface area contributed by atoms with Crippen molar-refractivity contribution in [3.05, 3.63) is 65.5 Å². The van der Waals surface area contributed by atoms with Crippen LogP contribution in [-0.2, 0) is 19.7 Å². The molecule has 27 heavy (non-hydrogen) atoms. The average molecular weight is 377 g/mol. The van der Waals surface area contributed by atoms with Crippen molar-refractivity contribution in [1.29, 1.82) is 0 Å². The van der Waals surface area contributed by atoms with E-state index in [1.165, 1.54) is 24.3 Å². The smallest absolute Gasteiger partial charge is 0.317 e. The summed E-state index contributed by atoms with van der Waals surface area (Å²) in [5.41, 5.74) is -1.10. The summed E-state index contributed by atoms with van der Waals surface area (Å²) in [5.74, 6) is -3.82. The van der Waals surface area contributed by atoms with E-state index in [1.807, 2.05) is 0 Å². The number of rotatable bonds is 5. The third kappa shape index (κ3) is 3.97. The molecule has 2 aromatic rings. The fourth-order valence-electron chi connectivity index (χ4n) is 3.44. The van der Waals surface area contributed by atoms with Crippen LogP contribution >= 0.6 is 0 Å². The molecule has 0 spiro atoms.